The molecule has 0 saturated carbocycles. The van der Waals surface area contributed by atoms with Gasteiger partial charge in [0.15, 0.2) is 0 Å². The number of fused-ring (bicyclic) bond motifs is 2. The molecule has 35 heavy (non-hydrogen) atoms. The number of carbonyl (C=O) groups is 2. The van der Waals surface area contributed by atoms with Crippen LogP contribution in [0.3, 0.4) is 0 Å². The monoisotopic (exact) mass is 501 g/mol. The Balaban J connectivity index is 1.63. The molecule has 0 spiro atoms. The Morgan fingerprint density at radius 3 is 2.77 bits per heavy atom. The van der Waals surface area contributed by atoms with E-state index in [0.29, 0.717) is 30.0 Å². The van der Waals surface area contributed by atoms with Crippen LogP contribution < -0.4 is 5.32 Å². The van der Waals surface area contributed by atoms with Gasteiger partial charge in [0.05, 0.1) is 59.0 Å². The van der Waals surface area contributed by atoms with Crippen LogP contribution in [0.5, 0.6) is 0 Å². The minimum absolute atomic E-state index is 0.0971. The van der Waals surface area contributed by atoms with Crippen LogP contribution in [0, 0.1) is 11.6 Å². The van der Waals surface area contributed by atoms with E-state index in [1.807, 2.05) is 0 Å². The molecule has 12 heteroatoms. The number of benzene rings is 1. The molecule has 1 saturated heterocycles. The Labute approximate surface area is 202 Å². The molecule has 4 aromatic rings. The van der Waals surface area contributed by atoms with Crippen molar-refractivity contribution in [2.45, 2.75) is 12.5 Å². The number of aromatic nitrogens is 3. The van der Waals surface area contributed by atoms with E-state index in [1.165, 1.54) is 30.4 Å². The summed E-state index contributed by atoms with van der Waals surface area (Å²) < 4.78 is 43.8. The number of hydrogen-bond donors (Lipinski definition) is 1. The number of amides is 2. The molecule has 9 nitrogen and oxygen atoms in total. The molecule has 0 aliphatic carbocycles. The van der Waals surface area contributed by atoms with Crippen LogP contribution in [0.4, 0.5) is 13.6 Å². The summed E-state index contributed by atoms with van der Waals surface area (Å²) in [7, 11) is 2.69. The van der Waals surface area contributed by atoms with Crippen molar-refractivity contribution in [3.05, 3.63) is 52.8 Å². The summed E-state index contributed by atoms with van der Waals surface area (Å²) in [5, 5.41) is 2.36. The third-order valence-electron chi connectivity index (χ3n) is 5.93. The van der Waals surface area contributed by atoms with Gasteiger partial charge in [-0.1, -0.05) is 0 Å². The summed E-state index contributed by atoms with van der Waals surface area (Å²) in [5.41, 5.74) is 3.03. The SMILES string of the molecule is CNC(=O)c1cc(F)c(-c2nc3cc4scnc4cn3c2C[C@H]2CN(C(=O)OC)CCO2)c(F)c1. The number of nitrogens with one attached hydrogen (secondary N) is 1. The van der Waals surface area contributed by atoms with Gasteiger partial charge >= 0.3 is 6.09 Å². The second-order valence-electron chi connectivity index (χ2n) is 8.02. The Hall–Kier alpha value is -3.64. The Morgan fingerprint density at radius 2 is 2.06 bits per heavy atom. The van der Waals surface area contributed by atoms with E-state index in [-0.39, 0.29) is 29.8 Å². The number of rotatable bonds is 4. The normalized spacial score (nSPS) is 16.1. The maximum Gasteiger partial charge on any atom is 0.409 e. The van der Waals surface area contributed by atoms with Gasteiger partial charge in [-0.15, -0.1) is 11.3 Å². The molecule has 3 aromatic heterocycles. The smallest absolute Gasteiger partial charge is 0.409 e. The minimum Gasteiger partial charge on any atom is -0.453 e. The van der Waals surface area contributed by atoms with E-state index in [2.05, 4.69) is 15.3 Å². The van der Waals surface area contributed by atoms with Crippen molar-refractivity contribution in [1.82, 2.24) is 24.6 Å². The largest absolute Gasteiger partial charge is 0.453 e. The van der Waals surface area contributed by atoms with Crippen LogP contribution in [0.15, 0.2) is 29.9 Å². The highest BCUT2D eigenvalue weighted by Crippen LogP contribution is 2.33. The molecular formula is C23H21F2N5O4S. The molecule has 4 heterocycles. The maximum absolute atomic E-state index is 15.2. The van der Waals surface area contributed by atoms with Crippen LogP contribution in [0.2, 0.25) is 0 Å². The molecule has 0 unspecified atom stereocenters. The van der Waals surface area contributed by atoms with Crippen molar-refractivity contribution >= 4 is 39.2 Å². The van der Waals surface area contributed by atoms with Gasteiger partial charge in [-0.05, 0) is 12.1 Å². The first-order valence-electron chi connectivity index (χ1n) is 10.8. The van der Waals surface area contributed by atoms with Gasteiger partial charge in [-0.25, -0.2) is 23.5 Å². The first kappa shape index (κ1) is 23.1. The lowest BCUT2D eigenvalue weighted by molar-refractivity contribution is -0.0241. The molecule has 5 rings (SSSR count). The van der Waals surface area contributed by atoms with E-state index in [4.69, 9.17) is 9.47 Å². The highest BCUT2D eigenvalue weighted by molar-refractivity contribution is 7.16. The number of ether oxygens (including phenoxy) is 2. The van der Waals surface area contributed by atoms with Gasteiger partial charge in [-0.2, -0.15) is 0 Å². The predicted molar refractivity (Wildman–Crippen MR) is 125 cm³/mol. The van der Waals surface area contributed by atoms with Gasteiger partial charge < -0.3 is 24.1 Å². The van der Waals surface area contributed by atoms with E-state index in [9.17, 15) is 9.59 Å². The van der Waals surface area contributed by atoms with Gasteiger partial charge in [0, 0.05) is 37.8 Å². The second kappa shape index (κ2) is 9.19. The molecule has 1 fully saturated rings. The predicted octanol–water partition coefficient (Wildman–Crippen LogP) is 3.26. The quantitative estimate of drug-likeness (QED) is 0.461. The van der Waals surface area contributed by atoms with Crippen molar-refractivity contribution in [2.75, 3.05) is 33.9 Å². The zero-order chi connectivity index (χ0) is 24.7. The Bertz CT molecular complexity index is 1430. The summed E-state index contributed by atoms with van der Waals surface area (Å²) in [6.45, 7) is 0.928. The van der Waals surface area contributed by atoms with E-state index < -0.39 is 29.7 Å². The van der Waals surface area contributed by atoms with Gasteiger partial charge in [-0.3, -0.25) is 4.79 Å². The summed E-state index contributed by atoms with van der Waals surface area (Å²) in [6, 6.07) is 3.78. The molecule has 1 aliphatic rings. The highest BCUT2D eigenvalue weighted by Gasteiger charge is 2.29. The lowest BCUT2D eigenvalue weighted by atomic mass is 10.0. The van der Waals surface area contributed by atoms with Gasteiger partial charge in [0.2, 0.25) is 0 Å². The number of thiazole rings is 1. The standard InChI is InChI=1S/C23H21F2N5O4S/c1-26-22(31)12-5-14(24)20(15(25)6-12)21-17(7-13-9-29(3-4-34-13)23(32)33-2)30-10-16-18(35-11-27-16)8-19(30)28-21/h5-6,8,10-11,13H,3-4,7,9H2,1-2H3,(H,26,31)/t13-/m0/s1. The number of imidazole rings is 1. The van der Waals surface area contributed by atoms with Crippen molar-refractivity contribution in [2.24, 2.45) is 0 Å². The number of nitrogens with zero attached hydrogens (tertiary/aromatic N) is 4. The van der Waals surface area contributed by atoms with Crippen LogP contribution in [0.25, 0.3) is 27.1 Å². The van der Waals surface area contributed by atoms with Crippen molar-refractivity contribution < 1.29 is 27.8 Å². The second-order valence-corrected chi connectivity index (χ2v) is 8.90. The van der Waals surface area contributed by atoms with Crippen LogP contribution in [-0.2, 0) is 15.9 Å². The fraction of sp³-hybridized carbons (Fsp3) is 0.304. The average Bonchev–Trinajstić information content (AvgIpc) is 3.45. The number of pyridine rings is 1. The topological polar surface area (TPSA) is 98.1 Å². The van der Waals surface area contributed by atoms with Crippen LogP contribution >= 0.6 is 11.3 Å². The van der Waals surface area contributed by atoms with Crippen molar-refractivity contribution in [3.63, 3.8) is 0 Å². The summed E-state index contributed by atoms with van der Waals surface area (Å²) >= 11 is 1.43. The lowest BCUT2D eigenvalue weighted by Gasteiger charge is -2.32. The number of carbonyl (C=O) groups excluding carboxylic acids is 2. The van der Waals surface area contributed by atoms with Crippen molar-refractivity contribution in [1.29, 1.82) is 0 Å². The molecule has 1 aliphatic heterocycles. The molecule has 1 atom stereocenters. The molecule has 0 bridgehead atoms. The Kier molecular flexibility index (Phi) is 6.07. The minimum atomic E-state index is -0.908. The lowest BCUT2D eigenvalue weighted by Crippen LogP contribution is -2.46. The zero-order valence-corrected chi connectivity index (χ0v) is 19.7. The maximum atomic E-state index is 15.2. The molecule has 0 radical (unpaired) electrons. The van der Waals surface area contributed by atoms with E-state index in [0.717, 1.165) is 16.8 Å². The summed E-state index contributed by atoms with van der Waals surface area (Å²) in [4.78, 5) is 34.4. The van der Waals surface area contributed by atoms with Crippen molar-refractivity contribution in [3.8, 4) is 11.3 Å². The number of hydrogen-bond acceptors (Lipinski definition) is 7. The summed E-state index contributed by atoms with van der Waals surface area (Å²) in [6.07, 6.45) is 1.06. The number of morpholine rings is 1. The first-order valence-corrected chi connectivity index (χ1v) is 11.7. The van der Waals surface area contributed by atoms with E-state index in [1.54, 1.807) is 22.2 Å². The van der Waals surface area contributed by atoms with Crippen LogP contribution in [-0.4, -0.2) is 71.2 Å². The van der Waals surface area contributed by atoms with Gasteiger partial charge in [0.1, 0.15) is 17.3 Å². The zero-order valence-electron chi connectivity index (χ0n) is 18.9. The fourth-order valence-corrected chi connectivity index (χ4v) is 4.94. The fourth-order valence-electron chi connectivity index (χ4n) is 4.26. The molecular weight excluding hydrogens is 480 g/mol. The van der Waals surface area contributed by atoms with Crippen LogP contribution in [0.1, 0.15) is 16.1 Å². The highest BCUT2D eigenvalue weighted by atomic mass is 32.1. The average molecular weight is 502 g/mol. The third kappa shape index (κ3) is 4.19. The van der Waals surface area contributed by atoms with E-state index >= 15 is 8.78 Å². The number of halogens is 2. The molecule has 182 valence electrons. The van der Waals surface area contributed by atoms with Gasteiger partial charge in [0.25, 0.3) is 5.91 Å². The summed E-state index contributed by atoms with van der Waals surface area (Å²) in [5.74, 6) is -2.42. The first-order chi connectivity index (χ1) is 16.9. The Morgan fingerprint density at radius 1 is 1.29 bits per heavy atom. The molecule has 2 amide bonds. The number of methoxy groups -OCH3 is 1. The molecule has 1 aromatic carbocycles. The molecule has 1 N–H and O–H groups in total. The third-order valence-corrected chi connectivity index (χ3v) is 6.73.